The van der Waals surface area contributed by atoms with Crippen molar-refractivity contribution in [1.82, 2.24) is 15.0 Å². The first kappa shape index (κ1) is 39.9. The van der Waals surface area contributed by atoms with E-state index in [0.717, 1.165) is 83.7 Å². The van der Waals surface area contributed by atoms with Crippen molar-refractivity contribution in [3.05, 3.63) is 219 Å². The summed E-state index contributed by atoms with van der Waals surface area (Å²) in [6.45, 7) is 20.9. The third-order valence-electron chi connectivity index (χ3n) is 13.9. The van der Waals surface area contributed by atoms with Gasteiger partial charge >= 0.3 is 0 Å². The minimum atomic E-state index is -2.58. The second kappa shape index (κ2) is 19.6. The minimum Gasteiger partial charge on any atom is -0.256 e. The Morgan fingerprint density at radius 3 is 1.39 bits per heavy atom. The van der Waals surface area contributed by atoms with Gasteiger partial charge in [0.25, 0.3) is 0 Å². The van der Waals surface area contributed by atoms with Gasteiger partial charge in [0.1, 0.15) is 0 Å². The molecule has 0 saturated carbocycles. The molecular formula is C63H67N3. The summed E-state index contributed by atoms with van der Waals surface area (Å²) in [5.74, 6) is -0.797. The molecule has 3 heterocycles. The Hall–Kier alpha value is -6.45. The van der Waals surface area contributed by atoms with Crippen LogP contribution in [0, 0.1) is 27.7 Å². The fourth-order valence-electron chi connectivity index (χ4n) is 9.39. The summed E-state index contributed by atoms with van der Waals surface area (Å²) >= 11 is 0. The van der Waals surface area contributed by atoms with Gasteiger partial charge in [-0.2, -0.15) is 0 Å². The molecule has 0 saturated heterocycles. The molecular weight excluding hydrogens is 799 g/mol. The van der Waals surface area contributed by atoms with Crippen LogP contribution in [-0.4, -0.2) is 15.0 Å². The van der Waals surface area contributed by atoms with E-state index in [4.69, 9.17) is 16.3 Å². The number of rotatable bonds is 15. The van der Waals surface area contributed by atoms with Crippen molar-refractivity contribution in [1.29, 1.82) is 0 Å². The SMILES string of the molecule is [2H]C(C)(CC)c1ccc(-c2cc(-c3ccccc3)ncc2C([2H])([2H])C([2H])([2H])c2c(C)c(CC(C)(C)c3ccc(-c4ccccc4)nc3)c(C)c(CC(C)(C)c3ccc(-c4ccccc4)nc3)c2C)c(C)c1. The minimum absolute atomic E-state index is 0.166. The van der Waals surface area contributed by atoms with Crippen LogP contribution in [0.15, 0.2) is 158 Å². The molecule has 0 aliphatic rings. The van der Waals surface area contributed by atoms with E-state index in [1.807, 2.05) is 138 Å². The average molecular weight is 871 g/mol. The van der Waals surface area contributed by atoms with Crippen LogP contribution in [0.1, 0.15) is 122 Å². The highest BCUT2D eigenvalue weighted by Crippen LogP contribution is 2.40. The van der Waals surface area contributed by atoms with Gasteiger partial charge in [-0.3, -0.25) is 15.0 Å². The number of hydrogen-bond donors (Lipinski definition) is 0. The number of aryl methyl sites for hydroxylation is 2. The fraction of sp³-hybridized carbons (Fsp3) is 0.286. The van der Waals surface area contributed by atoms with Crippen LogP contribution in [0.5, 0.6) is 0 Å². The molecule has 0 spiro atoms. The Labute approximate surface area is 402 Å². The van der Waals surface area contributed by atoms with E-state index in [-0.39, 0.29) is 5.56 Å². The Balaban J connectivity index is 1.29. The lowest BCUT2D eigenvalue weighted by Gasteiger charge is -2.33. The molecule has 334 valence electrons. The Morgan fingerprint density at radius 2 is 0.955 bits per heavy atom. The maximum absolute atomic E-state index is 10.3. The zero-order valence-electron chi connectivity index (χ0n) is 45.5. The van der Waals surface area contributed by atoms with Gasteiger partial charge in [0.2, 0.25) is 0 Å². The van der Waals surface area contributed by atoms with Crippen LogP contribution in [-0.2, 0) is 36.4 Å². The Bertz CT molecular complexity index is 3040. The van der Waals surface area contributed by atoms with E-state index in [0.29, 0.717) is 36.1 Å². The van der Waals surface area contributed by atoms with Gasteiger partial charge in [0, 0.05) is 42.1 Å². The molecule has 3 heteroatoms. The van der Waals surface area contributed by atoms with Gasteiger partial charge in [-0.15, -0.1) is 0 Å². The molecule has 8 rings (SSSR count). The topological polar surface area (TPSA) is 38.7 Å². The molecule has 0 aliphatic heterocycles. The molecule has 3 nitrogen and oxygen atoms in total. The van der Waals surface area contributed by atoms with Crippen molar-refractivity contribution in [2.75, 3.05) is 0 Å². The molecule has 0 radical (unpaired) electrons. The summed E-state index contributed by atoms with van der Waals surface area (Å²) in [4.78, 5) is 14.7. The first-order valence-electron chi connectivity index (χ1n) is 25.9. The zero-order chi connectivity index (χ0) is 51.1. The van der Waals surface area contributed by atoms with Crippen LogP contribution < -0.4 is 0 Å². The molecule has 1 unspecified atom stereocenters. The Kier molecular flexibility index (Phi) is 11.8. The summed E-state index contributed by atoms with van der Waals surface area (Å²) in [5, 5.41) is 0. The quantitative estimate of drug-likeness (QED) is 0.103. The lowest BCUT2D eigenvalue weighted by Crippen LogP contribution is -2.26. The lowest BCUT2D eigenvalue weighted by molar-refractivity contribution is 0.507. The summed E-state index contributed by atoms with van der Waals surface area (Å²) in [5.41, 5.74) is 14.9. The standard InChI is InChI=1S/C63H67N3/c1-11-42(2)50-27-31-54(43(3)35-50)56-36-61(49-25-19-14-20-26-49)64-39-51(56)28-32-55-44(4)57(37-62(7,8)52-29-33-59(65-40-52)47-21-15-12-16-22-47)46(6)58(45(55)5)38-63(9,10)53-30-34-60(66-41-53)48-23-17-13-18-24-48/h12-27,29-31,33-36,39-42H,11,28,32,37-38H2,1-10H3/i28D2,32D2,42D. The van der Waals surface area contributed by atoms with Gasteiger partial charge in [0.15, 0.2) is 0 Å². The molecule has 3 aromatic heterocycles. The van der Waals surface area contributed by atoms with Gasteiger partial charge < -0.3 is 0 Å². The molecule has 8 aromatic rings. The van der Waals surface area contributed by atoms with Crippen LogP contribution in [0.4, 0.5) is 0 Å². The number of aromatic nitrogens is 3. The van der Waals surface area contributed by atoms with E-state index < -0.39 is 29.5 Å². The summed E-state index contributed by atoms with van der Waals surface area (Å²) in [6, 6.07) is 46.4. The number of pyridine rings is 3. The highest BCUT2D eigenvalue weighted by molar-refractivity contribution is 5.76. The van der Waals surface area contributed by atoms with Crippen LogP contribution in [0.3, 0.4) is 0 Å². The molecule has 1 atom stereocenters. The third-order valence-corrected chi connectivity index (χ3v) is 13.9. The predicted molar refractivity (Wildman–Crippen MR) is 279 cm³/mol. The van der Waals surface area contributed by atoms with Crippen molar-refractivity contribution in [3.8, 4) is 44.9 Å². The van der Waals surface area contributed by atoms with Crippen molar-refractivity contribution in [3.63, 3.8) is 0 Å². The van der Waals surface area contributed by atoms with Gasteiger partial charge in [-0.05, 0) is 167 Å². The van der Waals surface area contributed by atoms with E-state index >= 15 is 0 Å². The normalized spacial score (nSPS) is 14.4. The monoisotopic (exact) mass is 871 g/mol. The third kappa shape index (κ3) is 9.87. The van der Waals surface area contributed by atoms with E-state index in [9.17, 15) is 5.48 Å². The van der Waals surface area contributed by atoms with Gasteiger partial charge in [-0.25, -0.2) is 0 Å². The first-order chi connectivity index (χ1) is 33.6. The smallest absolute Gasteiger partial charge is 0.0708 e. The van der Waals surface area contributed by atoms with Crippen molar-refractivity contribution in [2.45, 2.75) is 118 Å². The second-order valence-corrected chi connectivity index (χ2v) is 19.3. The van der Waals surface area contributed by atoms with Crippen LogP contribution in [0.25, 0.3) is 44.9 Å². The largest absolute Gasteiger partial charge is 0.256 e. The molecule has 0 bridgehead atoms. The first-order valence-corrected chi connectivity index (χ1v) is 23.4. The lowest BCUT2D eigenvalue weighted by atomic mass is 9.72. The Morgan fingerprint density at radius 1 is 0.500 bits per heavy atom. The molecule has 0 aliphatic carbocycles. The molecule has 5 aromatic carbocycles. The molecule has 0 fully saturated rings. The maximum atomic E-state index is 10.3. The van der Waals surface area contributed by atoms with Crippen LogP contribution in [0.2, 0.25) is 0 Å². The summed E-state index contributed by atoms with van der Waals surface area (Å²) in [7, 11) is 0. The van der Waals surface area contributed by atoms with Crippen molar-refractivity contribution in [2.24, 2.45) is 0 Å². The van der Waals surface area contributed by atoms with Gasteiger partial charge in [-0.1, -0.05) is 163 Å². The highest BCUT2D eigenvalue weighted by Gasteiger charge is 2.30. The number of nitrogens with zero attached hydrogens (tertiary/aromatic N) is 3. The zero-order valence-corrected chi connectivity index (χ0v) is 40.5. The number of hydrogen-bond acceptors (Lipinski definition) is 3. The number of benzene rings is 5. The average Bonchev–Trinajstić information content (AvgIpc) is 3.37. The van der Waals surface area contributed by atoms with E-state index in [1.165, 1.54) is 0 Å². The van der Waals surface area contributed by atoms with Crippen molar-refractivity contribution >= 4 is 0 Å². The van der Waals surface area contributed by atoms with E-state index in [1.54, 1.807) is 6.20 Å². The molecule has 66 heavy (non-hydrogen) atoms. The molecule has 0 N–H and O–H groups in total. The predicted octanol–water partition coefficient (Wildman–Crippen LogP) is 16.1. The van der Waals surface area contributed by atoms with E-state index in [2.05, 4.69) is 83.1 Å². The summed E-state index contributed by atoms with van der Waals surface area (Å²) < 4.78 is 50.1. The van der Waals surface area contributed by atoms with Crippen LogP contribution >= 0.6 is 0 Å². The van der Waals surface area contributed by atoms with Crippen molar-refractivity contribution < 1.29 is 6.85 Å². The maximum Gasteiger partial charge on any atom is 0.0708 e. The highest BCUT2D eigenvalue weighted by atomic mass is 14.7. The summed E-state index contributed by atoms with van der Waals surface area (Å²) in [6.07, 6.45) is 2.12. The molecule has 0 amide bonds. The second-order valence-electron chi connectivity index (χ2n) is 19.3. The fourth-order valence-corrected chi connectivity index (χ4v) is 9.39. The van der Waals surface area contributed by atoms with Gasteiger partial charge in [0.05, 0.1) is 17.1 Å².